The molecule has 0 saturated carbocycles. The van der Waals surface area contributed by atoms with Crippen molar-refractivity contribution in [1.82, 2.24) is 29.8 Å². The Bertz CT molecular complexity index is 926. The molecular formula is C18H21ClN8. The summed E-state index contributed by atoms with van der Waals surface area (Å²) in [6.07, 6.45) is 7.71. The van der Waals surface area contributed by atoms with Gasteiger partial charge in [-0.3, -0.25) is 0 Å². The van der Waals surface area contributed by atoms with E-state index in [-0.39, 0.29) is 0 Å². The number of fused-ring (bicyclic) bond motifs is 1. The number of piperidine rings is 1. The molecule has 2 aliphatic heterocycles. The summed E-state index contributed by atoms with van der Waals surface area (Å²) in [5.41, 5.74) is 0.816. The van der Waals surface area contributed by atoms with E-state index in [9.17, 15) is 0 Å². The number of aromatic nitrogens is 6. The molecule has 5 rings (SSSR count). The van der Waals surface area contributed by atoms with E-state index in [2.05, 4.69) is 36.0 Å². The number of rotatable bonds is 3. The van der Waals surface area contributed by atoms with Gasteiger partial charge in [0.05, 0.1) is 17.4 Å². The molecule has 3 aromatic heterocycles. The fourth-order valence-electron chi connectivity index (χ4n) is 3.97. The summed E-state index contributed by atoms with van der Waals surface area (Å²) in [6.45, 7) is 3.92. The second-order valence-corrected chi connectivity index (χ2v) is 7.61. The summed E-state index contributed by atoms with van der Waals surface area (Å²) in [5.74, 6) is 3.05. The second-order valence-electron chi connectivity index (χ2n) is 7.18. The van der Waals surface area contributed by atoms with Crippen LogP contribution in [0.25, 0.3) is 5.65 Å². The highest BCUT2D eigenvalue weighted by Gasteiger charge is 2.26. The van der Waals surface area contributed by atoms with E-state index in [1.54, 1.807) is 12.4 Å². The van der Waals surface area contributed by atoms with Crippen molar-refractivity contribution in [2.45, 2.75) is 31.6 Å². The van der Waals surface area contributed by atoms with E-state index in [1.165, 1.54) is 12.8 Å². The lowest BCUT2D eigenvalue weighted by molar-refractivity contribution is 0.472. The van der Waals surface area contributed by atoms with Gasteiger partial charge in [0.2, 0.25) is 5.95 Å². The molecule has 140 valence electrons. The lowest BCUT2D eigenvalue weighted by Gasteiger charge is -2.31. The molecule has 3 aromatic rings. The van der Waals surface area contributed by atoms with Crippen LogP contribution >= 0.6 is 11.6 Å². The molecule has 0 spiro atoms. The van der Waals surface area contributed by atoms with Gasteiger partial charge in [0.1, 0.15) is 5.82 Å². The van der Waals surface area contributed by atoms with Crippen LogP contribution in [0.2, 0.25) is 5.02 Å². The number of hydrogen-bond donors (Lipinski definition) is 0. The smallest absolute Gasteiger partial charge is 0.225 e. The van der Waals surface area contributed by atoms with Gasteiger partial charge in [0.15, 0.2) is 11.5 Å². The average molecular weight is 385 g/mol. The number of hydrogen-bond acceptors (Lipinski definition) is 7. The summed E-state index contributed by atoms with van der Waals surface area (Å²) in [5, 5.41) is 14.2. The zero-order chi connectivity index (χ0) is 18.2. The minimum absolute atomic E-state index is 0.338. The number of nitrogens with zero attached hydrogens (tertiary/aromatic N) is 8. The number of halogens is 1. The molecule has 0 bridgehead atoms. The lowest BCUT2D eigenvalue weighted by Crippen LogP contribution is -2.34. The van der Waals surface area contributed by atoms with Crippen molar-refractivity contribution in [2.24, 2.45) is 0 Å². The molecule has 0 aromatic carbocycles. The van der Waals surface area contributed by atoms with Crippen LogP contribution < -0.4 is 9.80 Å². The third kappa shape index (κ3) is 3.18. The summed E-state index contributed by atoms with van der Waals surface area (Å²) >= 11 is 5.88. The van der Waals surface area contributed by atoms with Crippen molar-refractivity contribution in [3.8, 4) is 0 Å². The van der Waals surface area contributed by atoms with Crippen molar-refractivity contribution >= 4 is 29.0 Å². The summed E-state index contributed by atoms with van der Waals surface area (Å²) in [7, 11) is 0. The normalized spacial score (nSPS) is 18.6. The highest BCUT2D eigenvalue weighted by atomic mass is 35.5. The molecule has 2 aliphatic rings. The summed E-state index contributed by atoms with van der Waals surface area (Å²) in [6, 6.07) is 4.08. The lowest BCUT2D eigenvalue weighted by atomic mass is 9.96. The maximum absolute atomic E-state index is 5.88. The zero-order valence-electron chi connectivity index (χ0n) is 15.0. The SMILES string of the molecule is Clc1cnc(N2CCC(c3nnc4ccc(N5CCCC5)nn34)CC2)nc1. The van der Waals surface area contributed by atoms with Gasteiger partial charge in [-0.25, -0.2) is 9.97 Å². The zero-order valence-corrected chi connectivity index (χ0v) is 15.8. The molecule has 2 saturated heterocycles. The van der Waals surface area contributed by atoms with Crippen LogP contribution in [0.5, 0.6) is 0 Å². The highest BCUT2D eigenvalue weighted by Crippen LogP contribution is 2.29. The van der Waals surface area contributed by atoms with Crippen molar-refractivity contribution in [3.05, 3.63) is 35.4 Å². The molecule has 0 atom stereocenters. The Labute approximate surface area is 162 Å². The maximum Gasteiger partial charge on any atom is 0.225 e. The Balaban J connectivity index is 1.35. The number of anilines is 2. The molecule has 2 fully saturated rings. The second kappa shape index (κ2) is 6.92. The Kier molecular flexibility index (Phi) is 4.27. The van der Waals surface area contributed by atoms with Crippen molar-refractivity contribution in [1.29, 1.82) is 0 Å². The van der Waals surface area contributed by atoms with Crippen LogP contribution in [0.1, 0.15) is 37.4 Å². The fraction of sp³-hybridized carbons (Fsp3) is 0.500. The molecule has 0 N–H and O–H groups in total. The molecule has 0 radical (unpaired) electrons. The van der Waals surface area contributed by atoms with Gasteiger partial charge in [-0.2, -0.15) is 4.52 Å². The molecule has 5 heterocycles. The minimum atomic E-state index is 0.338. The van der Waals surface area contributed by atoms with E-state index in [0.29, 0.717) is 10.9 Å². The van der Waals surface area contributed by atoms with E-state index in [1.807, 2.05) is 10.6 Å². The first kappa shape index (κ1) is 16.7. The third-order valence-electron chi connectivity index (χ3n) is 5.45. The summed E-state index contributed by atoms with van der Waals surface area (Å²) < 4.78 is 1.94. The predicted octanol–water partition coefficient (Wildman–Crippen LogP) is 2.55. The van der Waals surface area contributed by atoms with Crippen LogP contribution in [-0.4, -0.2) is 56.0 Å². The minimum Gasteiger partial charge on any atom is -0.355 e. The topological polar surface area (TPSA) is 75.3 Å². The van der Waals surface area contributed by atoms with Gasteiger partial charge in [-0.05, 0) is 37.8 Å². The van der Waals surface area contributed by atoms with Crippen molar-refractivity contribution in [2.75, 3.05) is 36.0 Å². The Hall–Kier alpha value is -2.48. The van der Waals surface area contributed by atoms with E-state index in [0.717, 1.165) is 62.3 Å². The van der Waals surface area contributed by atoms with Crippen LogP contribution in [0, 0.1) is 0 Å². The Morgan fingerprint density at radius 1 is 0.889 bits per heavy atom. The van der Waals surface area contributed by atoms with E-state index in [4.69, 9.17) is 16.7 Å². The van der Waals surface area contributed by atoms with Gasteiger partial charge >= 0.3 is 0 Å². The van der Waals surface area contributed by atoms with Crippen LogP contribution in [-0.2, 0) is 0 Å². The predicted molar refractivity (Wildman–Crippen MR) is 103 cm³/mol. The summed E-state index contributed by atoms with van der Waals surface area (Å²) in [4.78, 5) is 13.2. The Morgan fingerprint density at radius 3 is 2.37 bits per heavy atom. The first-order valence-corrected chi connectivity index (χ1v) is 9.85. The van der Waals surface area contributed by atoms with E-state index < -0.39 is 0 Å². The maximum atomic E-state index is 5.88. The van der Waals surface area contributed by atoms with Gasteiger partial charge in [-0.15, -0.1) is 15.3 Å². The van der Waals surface area contributed by atoms with Gasteiger partial charge in [0.25, 0.3) is 0 Å². The molecule has 8 nitrogen and oxygen atoms in total. The highest BCUT2D eigenvalue weighted by molar-refractivity contribution is 6.30. The van der Waals surface area contributed by atoms with Crippen LogP contribution in [0.15, 0.2) is 24.5 Å². The molecule has 9 heteroatoms. The molecule has 0 amide bonds. The largest absolute Gasteiger partial charge is 0.355 e. The molecular weight excluding hydrogens is 364 g/mol. The third-order valence-corrected chi connectivity index (χ3v) is 5.65. The molecule has 27 heavy (non-hydrogen) atoms. The van der Waals surface area contributed by atoms with Gasteiger partial charge < -0.3 is 9.80 Å². The van der Waals surface area contributed by atoms with E-state index >= 15 is 0 Å². The van der Waals surface area contributed by atoms with Crippen LogP contribution in [0.3, 0.4) is 0 Å². The molecule has 0 unspecified atom stereocenters. The van der Waals surface area contributed by atoms with Gasteiger partial charge in [-0.1, -0.05) is 11.6 Å². The first-order chi connectivity index (χ1) is 13.3. The van der Waals surface area contributed by atoms with Gasteiger partial charge in [0, 0.05) is 32.1 Å². The van der Waals surface area contributed by atoms with Crippen LogP contribution in [0.4, 0.5) is 11.8 Å². The molecule has 0 aliphatic carbocycles. The van der Waals surface area contributed by atoms with Crippen molar-refractivity contribution in [3.63, 3.8) is 0 Å². The van der Waals surface area contributed by atoms with Crippen molar-refractivity contribution < 1.29 is 0 Å². The average Bonchev–Trinajstić information content (AvgIpc) is 3.38. The first-order valence-electron chi connectivity index (χ1n) is 9.48. The monoisotopic (exact) mass is 384 g/mol. The standard InChI is InChI=1S/C18H21ClN8/c19-14-11-20-18(21-12-14)26-9-5-13(6-10-26)17-23-22-15-3-4-16(24-27(15)17)25-7-1-2-8-25/h3-4,11-13H,1-2,5-10H2. The fourth-order valence-corrected chi connectivity index (χ4v) is 4.07. The Morgan fingerprint density at radius 2 is 1.63 bits per heavy atom. The quantitative estimate of drug-likeness (QED) is 0.686.